The van der Waals surface area contributed by atoms with Gasteiger partial charge in [-0.15, -0.1) is 0 Å². The lowest BCUT2D eigenvalue weighted by Gasteiger charge is -2.30. The zero-order valence-electron chi connectivity index (χ0n) is 17.7. The fraction of sp³-hybridized carbons (Fsp3) is 0.571. The number of aliphatic hydroxyl groups is 1. The van der Waals surface area contributed by atoms with Crippen molar-refractivity contribution in [1.82, 2.24) is 14.8 Å². The van der Waals surface area contributed by atoms with E-state index in [1.165, 1.54) is 7.05 Å². The molecule has 5 rings (SSSR count). The van der Waals surface area contributed by atoms with Crippen LogP contribution in [0.15, 0.2) is 18.3 Å². The van der Waals surface area contributed by atoms with Crippen LogP contribution in [0.2, 0.25) is 0 Å². The van der Waals surface area contributed by atoms with Gasteiger partial charge in [0.15, 0.2) is 5.69 Å². The molecule has 2 N–H and O–H groups in total. The van der Waals surface area contributed by atoms with Crippen LogP contribution in [-0.2, 0) is 28.9 Å². The minimum atomic E-state index is -4.81. The summed E-state index contributed by atoms with van der Waals surface area (Å²) in [4.78, 5) is 17.4. The summed E-state index contributed by atoms with van der Waals surface area (Å²) in [6, 6.07) is 1.64. The molecule has 5 atom stereocenters. The van der Waals surface area contributed by atoms with Gasteiger partial charge in [-0.2, -0.15) is 31.4 Å². The molecule has 7 nitrogen and oxygen atoms in total. The summed E-state index contributed by atoms with van der Waals surface area (Å²) < 4.78 is 87.6. The van der Waals surface area contributed by atoms with Crippen LogP contribution in [0.3, 0.4) is 0 Å². The Morgan fingerprint density at radius 3 is 2.50 bits per heavy atom. The predicted octanol–water partition coefficient (Wildman–Crippen LogP) is 3.60. The highest BCUT2D eigenvalue weighted by Crippen LogP contribution is 2.51. The summed E-state index contributed by atoms with van der Waals surface area (Å²) in [5.41, 5.74) is -2.28. The van der Waals surface area contributed by atoms with E-state index in [0.29, 0.717) is 18.9 Å². The van der Waals surface area contributed by atoms with Gasteiger partial charge in [0.1, 0.15) is 5.82 Å². The fourth-order valence-electron chi connectivity index (χ4n) is 4.96. The van der Waals surface area contributed by atoms with Crippen LogP contribution in [0.4, 0.5) is 32.2 Å². The topological polar surface area (TPSA) is 89.3 Å². The molecule has 3 aliphatic rings. The molecule has 2 aromatic rings. The van der Waals surface area contributed by atoms with Gasteiger partial charge in [-0.1, -0.05) is 0 Å². The van der Waals surface area contributed by atoms with E-state index in [-0.39, 0.29) is 29.4 Å². The normalized spacial score (nSPS) is 29.0. The number of hydrogen-bond acceptors (Lipinski definition) is 5. The first-order valence-corrected chi connectivity index (χ1v) is 10.7. The van der Waals surface area contributed by atoms with Crippen LogP contribution in [-0.4, -0.2) is 44.1 Å². The summed E-state index contributed by atoms with van der Waals surface area (Å²) in [5.74, 6) is -3.65. The number of halogens is 6. The number of pyridine rings is 1. The Morgan fingerprint density at radius 2 is 1.88 bits per heavy atom. The summed E-state index contributed by atoms with van der Waals surface area (Å²) in [7, 11) is 1.30. The lowest BCUT2D eigenvalue weighted by atomic mass is 9.74. The molecule has 184 valence electrons. The first-order chi connectivity index (χ1) is 15.8. The molecular weight excluding hydrogens is 470 g/mol. The SMILES string of the molecule is Cn1cc([C@H]2[C@H]3O[C@H](C[C@@H]3O)[C@@H]2C(=O)Nc2cc(C(F)(F)F)cc(C3CC3)n2)c(C(F)(F)F)n1. The van der Waals surface area contributed by atoms with Gasteiger partial charge in [0.25, 0.3) is 0 Å². The number of aromatic nitrogens is 3. The van der Waals surface area contributed by atoms with Crippen LogP contribution in [0, 0.1) is 5.92 Å². The second kappa shape index (κ2) is 7.67. The van der Waals surface area contributed by atoms with Crippen LogP contribution < -0.4 is 5.32 Å². The molecule has 1 saturated carbocycles. The zero-order valence-corrected chi connectivity index (χ0v) is 17.7. The average Bonchev–Trinajstić information content (AvgIpc) is 3.26. The second-order valence-corrected chi connectivity index (χ2v) is 9.03. The minimum absolute atomic E-state index is 0.0181. The van der Waals surface area contributed by atoms with Gasteiger partial charge in [0.05, 0.1) is 29.8 Å². The molecule has 3 fully saturated rings. The number of nitrogens with zero attached hydrogens (tertiary/aromatic N) is 3. The quantitative estimate of drug-likeness (QED) is 0.640. The van der Waals surface area contributed by atoms with Crippen molar-refractivity contribution in [2.75, 3.05) is 5.32 Å². The van der Waals surface area contributed by atoms with Gasteiger partial charge in [0.2, 0.25) is 5.91 Å². The monoisotopic (exact) mass is 490 g/mol. The van der Waals surface area contributed by atoms with E-state index in [1.54, 1.807) is 0 Å². The molecule has 0 aromatic carbocycles. The molecule has 2 aliphatic heterocycles. The van der Waals surface area contributed by atoms with Gasteiger partial charge >= 0.3 is 12.4 Å². The van der Waals surface area contributed by atoms with Crippen molar-refractivity contribution >= 4 is 11.7 Å². The number of aryl methyl sites for hydroxylation is 1. The van der Waals surface area contributed by atoms with E-state index in [1.807, 2.05) is 0 Å². The Kier molecular flexibility index (Phi) is 5.21. The van der Waals surface area contributed by atoms with Crippen LogP contribution in [0.25, 0.3) is 0 Å². The number of amides is 1. The Balaban J connectivity index is 1.49. The number of rotatable bonds is 4. The van der Waals surface area contributed by atoms with Crippen molar-refractivity contribution in [3.63, 3.8) is 0 Å². The summed E-state index contributed by atoms with van der Waals surface area (Å²) in [6.07, 6.45) is -10.0. The lowest BCUT2D eigenvalue weighted by Crippen LogP contribution is -2.41. The number of carbonyl (C=O) groups excluding carboxylic acids is 1. The summed E-state index contributed by atoms with van der Waals surface area (Å²) in [6.45, 7) is 0. The molecule has 4 heterocycles. The van der Waals surface area contributed by atoms with Gasteiger partial charge in [-0.05, 0) is 25.0 Å². The van der Waals surface area contributed by atoms with Crippen molar-refractivity contribution in [1.29, 1.82) is 0 Å². The third kappa shape index (κ3) is 4.04. The van der Waals surface area contributed by atoms with E-state index in [2.05, 4.69) is 15.4 Å². The molecule has 0 radical (unpaired) electrons. The Labute approximate surface area is 189 Å². The molecule has 34 heavy (non-hydrogen) atoms. The third-order valence-electron chi connectivity index (χ3n) is 6.53. The second-order valence-electron chi connectivity index (χ2n) is 9.03. The highest BCUT2D eigenvalue weighted by atomic mass is 19.4. The van der Waals surface area contributed by atoms with Crippen molar-refractivity contribution in [2.24, 2.45) is 13.0 Å². The first-order valence-electron chi connectivity index (χ1n) is 10.7. The van der Waals surface area contributed by atoms with Gasteiger partial charge < -0.3 is 15.2 Å². The standard InChI is InChI=1S/C21H20F6N4O3/c1-31-7-10(18(30-31)21(25,26)27)15-16(13-6-12(32)17(15)34-13)19(33)29-14-5-9(20(22,23)24)4-11(28-14)8-2-3-8/h4-5,7-8,12-13,15-17,32H,2-3,6H2,1H3,(H,28,29,33)/t12-,13+,15+,16-,17-/m0/s1. The van der Waals surface area contributed by atoms with Crippen LogP contribution in [0.1, 0.15) is 53.6 Å². The summed E-state index contributed by atoms with van der Waals surface area (Å²) >= 11 is 0. The molecule has 13 heteroatoms. The minimum Gasteiger partial charge on any atom is -0.390 e. The predicted molar refractivity (Wildman–Crippen MR) is 104 cm³/mol. The smallest absolute Gasteiger partial charge is 0.390 e. The highest BCUT2D eigenvalue weighted by molar-refractivity contribution is 5.93. The number of carbonyl (C=O) groups is 1. The van der Waals surface area contributed by atoms with E-state index in [0.717, 1.165) is 16.9 Å². The maximum absolute atomic E-state index is 13.6. The average molecular weight is 490 g/mol. The molecule has 1 amide bonds. The van der Waals surface area contributed by atoms with E-state index in [4.69, 9.17) is 4.74 Å². The van der Waals surface area contributed by atoms with Gasteiger partial charge in [-0.25, -0.2) is 4.98 Å². The number of alkyl halides is 6. The van der Waals surface area contributed by atoms with Gasteiger partial charge in [-0.3, -0.25) is 9.48 Å². The largest absolute Gasteiger partial charge is 0.435 e. The molecule has 2 saturated heterocycles. The number of fused-ring (bicyclic) bond motifs is 2. The Hall–Kier alpha value is -2.67. The van der Waals surface area contributed by atoms with E-state index < -0.39 is 59.7 Å². The van der Waals surface area contributed by atoms with Crippen molar-refractivity contribution in [3.05, 3.63) is 40.8 Å². The molecular formula is C21H20F6N4O3. The first kappa shape index (κ1) is 23.1. The molecule has 2 bridgehead atoms. The van der Waals surface area contributed by atoms with Crippen LogP contribution >= 0.6 is 0 Å². The van der Waals surface area contributed by atoms with Crippen molar-refractivity contribution in [3.8, 4) is 0 Å². The number of aliphatic hydroxyl groups excluding tert-OH is 1. The Morgan fingerprint density at radius 1 is 1.18 bits per heavy atom. The van der Waals surface area contributed by atoms with Crippen LogP contribution in [0.5, 0.6) is 0 Å². The number of hydrogen-bond donors (Lipinski definition) is 2. The fourth-order valence-corrected chi connectivity index (χ4v) is 4.96. The highest BCUT2D eigenvalue weighted by Gasteiger charge is 2.59. The number of ether oxygens (including phenoxy) is 1. The maximum atomic E-state index is 13.6. The van der Waals surface area contributed by atoms with Gasteiger partial charge in [0, 0.05) is 42.8 Å². The lowest BCUT2D eigenvalue weighted by molar-refractivity contribution is -0.143. The number of nitrogens with one attached hydrogen (secondary N) is 1. The number of anilines is 1. The Bertz CT molecular complexity index is 1130. The van der Waals surface area contributed by atoms with Crippen molar-refractivity contribution < 1.29 is 41.0 Å². The molecule has 0 spiro atoms. The summed E-state index contributed by atoms with van der Waals surface area (Å²) in [5, 5.41) is 16.1. The van der Waals surface area contributed by atoms with E-state index in [9.17, 15) is 36.2 Å². The van der Waals surface area contributed by atoms with Crippen molar-refractivity contribution in [2.45, 2.75) is 61.8 Å². The molecule has 1 aliphatic carbocycles. The molecule has 2 aromatic heterocycles. The zero-order chi connectivity index (χ0) is 24.6. The third-order valence-corrected chi connectivity index (χ3v) is 6.53. The maximum Gasteiger partial charge on any atom is 0.435 e. The molecule has 0 unspecified atom stereocenters. The van der Waals surface area contributed by atoms with E-state index >= 15 is 0 Å².